The van der Waals surface area contributed by atoms with Gasteiger partial charge in [0.25, 0.3) is 0 Å². The van der Waals surface area contributed by atoms with Crippen LogP contribution in [0.2, 0.25) is 0 Å². The van der Waals surface area contributed by atoms with E-state index in [1.54, 1.807) is 7.11 Å². The van der Waals surface area contributed by atoms with Crippen LogP contribution in [0.15, 0.2) is 12.1 Å². The zero-order valence-electron chi connectivity index (χ0n) is 13.8. The molecule has 0 aromatic heterocycles. The molecule has 0 bridgehead atoms. The quantitative estimate of drug-likeness (QED) is 0.817. The van der Waals surface area contributed by atoms with E-state index in [-0.39, 0.29) is 12.0 Å². The molecule has 0 saturated heterocycles. The lowest BCUT2D eigenvalue weighted by Crippen LogP contribution is -2.48. The Morgan fingerprint density at radius 3 is 2.77 bits per heavy atom. The highest BCUT2D eigenvalue weighted by Crippen LogP contribution is 2.46. The van der Waals surface area contributed by atoms with Crippen LogP contribution in [-0.2, 0) is 4.79 Å². The zero-order chi connectivity index (χ0) is 16.5. The summed E-state index contributed by atoms with van der Waals surface area (Å²) in [7, 11) is 1.62. The molecule has 0 amide bonds. The summed E-state index contributed by atoms with van der Waals surface area (Å²) in [6.07, 6.45) is 1.82. The molecule has 5 nitrogen and oxygen atoms in total. The van der Waals surface area contributed by atoms with Gasteiger partial charge in [0.05, 0.1) is 12.8 Å². The molecule has 1 aliphatic rings. The minimum atomic E-state index is -0.752. The Labute approximate surface area is 132 Å². The van der Waals surface area contributed by atoms with Crippen molar-refractivity contribution in [3.05, 3.63) is 17.7 Å². The largest absolute Gasteiger partial charge is 0.495 e. The number of ether oxygens (including phenoxy) is 1. The second-order valence-electron chi connectivity index (χ2n) is 6.72. The van der Waals surface area contributed by atoms with Gasteiger partial charge in [-0.05, 0) is 44.2 Å². The Hall–Kier alpha value is -1.91. The molecule has 1 heterocycles. The highest BCUT2D eigenvalue weighted by molar-refractivity contribution is 5.70. The van der Waals surface area contributed by atoms with Gasteiger partial charge in [-0.15, -0.1) is 0 Å². The molecule has 3 N–H and O–H groups in total. The molecule has 0 saturated carbocycles. The fraction of sp³-hybridized carbons (Fsp3) is 0.588. The van der Waals surface area contributed by atoms with Crippen LogP contribution in [0.4, 0.5) is 11.4 Å². The number of aliphatic carboxylic acids is 1. The summed E-state index contributed by atoms with van der Waals surface area (Å²) in [6, 6.07) is 3.99. The molecule has 1 atom stereocenters. The third kappa shape index (κ3) is 3.13. The molecule has 2 rings (SSSR count). The van der Waals surface area contributed by atoms with E-state index in [0.29, 0.717) is 30.3 Å². The van der Waals surface area contributed by atoms with Gasteiger partial charge in [0.15, 0.2) is 0 Å². The van der Waals surface area contributed by atoms with Crippen LogP contribution < -0.4 is 15.4 Å². The van der Waals surface area contributed by atoms with Crippen LogP contribution >= 0.6 is 0 Å². The van der Waals surface area contributed by atoms with Gasteiger partial charge in [-0.25, -0.2) is 0 Å². The Morgan fingerprint density at radius 1 is 1.50 bits per heavy atom. The Bertz CT molecular complexity index is 569. The van der Waals surface area contributed by atoms with Crippen molar-refractivity contribution >= 4 is 17.3 Å². The maximum atomic E-state index is 10.8. The van der Waals surface area contributed by atoms with Crippen molar-refractivity contribution in [1.82, 2.24) is 0 Å². The number of hydrogen-bond donors (Lipinski definition) is 2. The summed E-state index contributed by atoms with van der Waals surface area (Å²) in [6.45, 7) is 7.33. The molecule has 1 aliphatic heterocycles. The first-order valence-corrected chi connectivity index (χ1v) is 7.73. The van der Waals surface area contributed by atoms with Gasteiger partial charge in [0.1, 0.15) is 5.75 Å². The summed E-state index contributed by atoms with van der Waals surface area (Å²) < 4.78 is 5.36. The summed E-state index contributed by atoms with van der Waals surface area (Å²) in [5, 5.41) is 8.87. The summed E-state index contributed by atoms with van der Waals surface area (Å²) in [5.74, 6) is 0.333. The van der Waals surface area contributed by atoms with E-state index in [4.69, 9.17) is 15.6 Å². The Kier molecular flexibility index (Phi) is 4.54. The number of carboxylic acids is 1. The molecule has 5 heteroatoms. The van der Waals surface area contributed by atoms with Crippen LogP contribution in [0.5, 0.6) is 5.75 Å². The number of nitrogens with two attached hydrogens (primary N) is 1. The first kappa shape index (κ1) is 16.5. The number of carbonyl (C=O) groups is 1. The maximum absolute atomic E-state index is 10.8. The average Bonchev–Trinajstić information content (AvgIpc) is 2.41. The van der Waals surface area contributed by atoms with E-state index < -0.39 is 5.97 Å². The number of fused-ring (bicyclic) bond motifs is 1. The Morgan fingerprint density at radius 2 is 2.18 bits per heavy atom. The number of carboxylic acid groups (broad SMARTS) is 1. The highest BCUT2D eigenvalue weighted by Gasteiger charge is 2.36. The van der Waals surface area contributed by atoms with Crippen molar-refractivity contribution in [3.63, 3.8) is 0 Å². The van der Waals surface area contributed by atoms with Crippen LogP contribution in [-0.4, -0.2) is 30.3 Å². The molecule has 0 aliphatic carbocycles. The molecule has 1 aromatic carbocycles. The first-order chi connectivity index (χ1) is 10.3. The lowest BCUT2D eigenvalue weighted by Gasteiger charge is -2.48. The Balaban J connectivity index is 2.39. The van der Waals surface area contributed by atoms with Gasteiger partial charge in [-0.2, -0.15) is 0 Å². The number of hydrogen-bond acceptors (Lipinski definition) is 4. The third-order valence-corrected chi connectivity index (χ3v) is 4.51. The average molecular weight is 306 g/mol. The van der Waals surface area contributed by atoms with E-state index in [2.05, 4.69) is 25.7 Å². The third-order valence-electron chi connectivity index (χ3n) is 4.51. The highest BCUT2D eigenvalue weighted by atomic mass is 16.5. The van der Waals surface area contributed by atoms with Gasteiger partial charge in [-0.3, -0.25) is 4.79 Å². The lowest BCUT2D eigenvalue weighted by molar-refractivity contribution is -0.137. The SMILES string of the molecule is COc1cc2c(cc1N)C(C)CC(C)(C)N2CCCC(=O)O. The summed E-state index contributed by atoms with van der Waals surface area (Å²) in [4.78, 5) is 13.1. The molecule has 1 unspecified atom stereocenters. The minimum Gasteiger partial charge on any atom is -0.495 e. The molecule has 22 heavy (non-hydrogen) atoms. The monoisotopic (exact) mass is 306 g/mol. The number of rotatable bonds is 5. The second kappa shape index (κ2) is 6.07. The topological polar surface area (TPSA) is 75.8 Å². The van der Waals surface area contributed by atoms with Gasteiger partial charge in [0, 0.05) is 30.3 Å². The molecule has 0 fully saturated rings. The van der Waals surface area contributed by atoms with E-state index in [9.17, 15) is 4.79 Å². The normalized spacial score (nSPS) is 19.6. The van der Waals surface area contributed by atoms with Crippen molar-refractivity contribution in [2.24, 2.45) is 0 Å². The van der Waals surface area contributed by atoms with Crippen molar-refractivity contribution in [3.8, 4) is 5.75 Å². The van der Waals surface area contributed by atoms with E-state index in [0.717, 1.165) is 12.1 Å². The minimum absolute atomic E-state index is 0.0218. The second-order valence-corrected chi connectivity index (χ2v) is 6.72. The fourth-order valence-corrected chi connectivity index (χ4v) is 3.52. The van der Waals surface area contributed by atoms with Crippen LogP contribution in [0.25, 0.3) is 0 Å². The van der Waals surface area contributed by atoms with E-state index in [1.165, 1.54) is 5.56 Å². The zero-order valence-corrected chi connectivity index (χ0v) is 13.8. The number of benzene rings is 1. The van der Waals surface area contributed by atoms with Gasteiger partial charge >= 0.3 is 5.97 Å². The first-order valence-electron chi connectivity index (χ1n) is 7.73. The summed E-state index contributed by atoms with van der Waals surface area (Å²) >= 11 is 0. The molecule has 122 valence electrons. The fourth-order valence-electron chi connectivity index (χ4n) is 3.52. The molecule has 0 spiro atoms. The van der Waals surface area contributed by atoms with Crippen molar-refractivity contribution in [2.75, 3.05) is 24.3 Å². The number of anilines is 2. The van der Waals surface area contributed by atoms with E-state index >= 15 is 0 Å². The van der Waals surface area contributed by atoms with E-state index in [1.807, 2.05) is 12.1 Å². The van der Waals surface area contributed by atoms with Gasteiger partial charge in [0.2, 0.25) is 0 Å². The predicted molar refractivity (Wildman–Crippen MR) is 88.7 cm³/mol. The van der Waals surface area contributed by atoms with Crippen LogP contribution in [0.3, 0.4) is 0 Å². The van der Waals surface area contributed by atoms with Crippen molar-refractivity contribution in [2.45, 2.75) is 51.5 Å². The lowest BCUT2D eigenvalue weighted by atomic mass is 9.79. The predicted octanol–water partition coefficient (Wildman–Crippen LogP) is 3.23. The molecular weight excluding hydrogens is 280 g/mol. The molecular formula is C17H26N2O3. The van der Waals surface area contributed by atoms with Crippen molar-refractivity contribution < 1.29 is 14.6 Å². The van der Waals surface area contributed by atoms with Crippen LogP contribution in [0.1, 0.15) is 51.5 Å². The standard InChI is InChI=1S/C17H26N2O3/c1-11-10-17(2,3)19(7-5-6-16(20)21)14-9-15(22-4)13(18)8-12(11)14/h8-9,11H,5-7,10,18H2,1-4H3,(H,20,21). The smallest absolute Gasteiger partial charge is 0.303 e. The van der Waals surface area contributed by atoms with Crippen LogP contribution in [0, 0.1) is 0 Å². The summed E-state index contributed by atoms with van der Waals surface area (Å²) in [5.41, 5.74) is 9.01. The van der Waals surface area contributed by atoms with Gasteiger partial charge in [-0.1, -0.05) is 6.92 Å². The number of nitrogen functional groups attached to an aromatic ring is 1. The molecule has 0 radical (unpaired) electrons. The van der Waals surface area contributed by atoms with Crippen molar-refractivity contribution in [1.29, 1.82) is 0 Å². The number of nitrogens with zero attached hydrogens (tertiary/aromatic N) is 1. The molecule has 1 aromatic rings. The number of methoxy groups -OCH3 is 1. The maximum Gasteiger partial charge on any atom is 0.303 e. The van der Waals surface area contributed by atoms with Gasteiger partial charge < -0.3 is 20.5 Å².